The maximum atomic E-state index is 13.9. The van der Waals surface area contributed by atoms with E-state index < -0.39 is 0 Å². The van der Waals surface area contributed by atoms with Gasteiger partial charge in [-0.3, -0.25) is 4.99 Å². The predicted octanol–water partition coefficient (Wildman–Crippen LogP) is 3.42. The zero-order valence-corrected chi connectivity index (χ0v) is 19.5. The van der Waals surface area contributed by atoms with Gasteiger partial charge in [0.25, 0.3) is 0 Å². The highest BCUT2D eigenvalue weighted by Gasteiger charge is 2.25. The molecule has 2 aromatic rings. The highest BCUT2D eigenvalue weighted by molar-refractivity contribution is 14.0. The quantitative estimate of drug-likeness (QED) is 0.244. The average Bonchev–Trinajstić information content (AvgIpc) is 3.14. The molecule has 1 aromatic heterocycles. The number of guanidine groups is 1. The summed E-state index contributed by atoms with van der Waals surface area (Å²) in [4.78, 5) is 10.3. The highest BCUT2D eigenvalue weighted by atomic mass is 127. The number of anilines is 1. The molecule has 9 heteroatoms. The summed E-state index contributed by atoms with van der Waals surface area (Å²) < 4.78 is 20.6. The van der Waals surface area contributed by atoms with E-state index in [2.05, 4.69) is 36.5 Å². The molecule has 0 radical (unpaired) electrons. The third-order valence-corrected chi connectivity index (χ3v) is 4.80. The van der Waals surface area contributed by atoms with E-state index in [-0.39, 0.29) is 35.8 Å². The van der Waals surface area contributed by atoms with Crippen LogP contribution < -0.4 is 20.3 Å². The van der Waals surface area contributed by atoms with Gasteiger partial charge in [0.15, 0.2) is 17.6 Å². The third-order valence-electron chi connectivity index (χ3n) is 4.27. The third kappa shape index (κ3) is 6.47. The Balaban J connectivity index is 0.00000280. The Morgan fingerprint density at radius 3 is 2.86 bits per heavy atom. The van der Waals surface area contributed by atoms with E-state index in [4.69, 9.17) is 4.74 Å². The van der Waals surface area contributed by atoms with Crippen molar-refractivity contribution in [3.05, 3.63) is 52.9 Å². The van der Waals surface area contributed by atoms with E-state index >= 15 is 0 Å². The zero-order chi connectivity index (χ0) is 19.1. The summed E-state index contributed by atoms with van der Waals surface area (Å²) in [5, 5.41) is 6.62. The van der Waals surface area contributed by atoms with Crippen LogP contribution in [0.15, 0.2) is 52.1 Å². The molecule has 1 aliphatic rings. The second-order valence-electron chi connectivity index (χ2n) is 6.19. The molecule has 0 spiro atoms. The fraction of sp³-hybridized carbons (Fsp3) is 0.368. The van der Waals surface area contributed by atoms with E-state index in [9.17, 15) is 4.39 Å². The number of hydrogen-bond acceptors (Lipinski definition) is 4. The van der Waals surface area contributed by atoms with E-state index in [1.165, 1.54) is 6.07 Å². The molecule has 0 bridgehead atoms. The molecule has 1 fully saturated rings. The van der Waals surface area contributed by atoms with Gasteiger partial charge in [-0.05, 0) is 42.8 Å². The normalized spacial score (nSPS) is 16.5. The lowest BCUT2D eigenvalue weighted by molar-refractivity contribution is 0.321. The van der Waals surface area contributed by atoms with Crippen molar-refractivity contribution in [2.24, 2.45) is 4.99 Å². The maximum Gasteiger partial charge on any atom is 0.191 e. The molecule has 152 valence electrons. The molecule has 1 unspecified atom stereocenters. The molecule has 1 atom stereocenters. The standard InChI is InChI=1S/C19H23BrFN5O.HI/c1-22-19(24-10-12-27-16-6-4-14(20)5-7-16)25-15-8-11-26(13-15)18-17(21)3-2-9-23-18;/h2-7,9,15H,8,10-13H2,1H3,(H2,22,24,25);1H. The first-order valence-corrected chi connectivity index (χ1v) is 9.66. The number of hydrogen-bond donors (Lipinski definition) is 2. The minimum atomic E-state index is -0.286. The van der Waals surface area contributed by atoms with E-state index in [0.29, 0.717) is 31.5 Å². The summed E-state index contributed by atoms with van der Waals surface area (Å²) in [6.45, 7) is 2.60. The van der Waals surface area contributed by atoms with Gasteiger partial charge in [0.2, 0.25) is 0 Å². The molecule has 6 nitrogen and oxygen atoms in total. The lowest BCUT2D eigenvalue weighted by atomic mass is 10.3. The second-order valence-corrected chi connectivity index (χ2v) is 7.10. The number of rotatable bonds is 6. The molecule has 2 heterocycles. The van der Waals surface area contributed by atoms with Crippen LogP contribution in [0.4, 0.5) is 10.2 Å². The molecule has 3 rings (SSSR count). The van der Waals surface area contributed by atoms with Gasteiger partial charge < -0.3 is 20.3 Å². The minimum absolute atomic E-state index is 0. The Labute approximate surface area is 190 Å². The van der Waals surface area contributed by atoms with Gasteiger partial charge in [-0.25, -0.2) is 9.37 Å². The first-order chi connectivity index (χ1) is 13.2. The Morgan fingerprint density at radius 2 is 2.14 bits per heavy atom. The highest BCUT2D eigenvalue weighted by Crippen LogP contribution is 2.20. The van der Waals surface area contributed by atoms with Gasteiger partial charge in [-0.1, -0.05) is 15.9 Å². The number of nitrogens with zero attached hydrogens (tertiary/aromatic N) is 3. The smallest absolute Gasteiger partial charge is 0.191 e. The minimum Gasteiger partial charge on any atom is -0.492 e. The fourth-order valence-electron chi connectivity index (χ4n) is 2.94. The second kappa shape index (κ2) is 11.4. The SMILES string of the molecule is CN=C(NCCOc1ccc(Br)cc1)NC1CCN(c2ncccc2F)C1.I. The molecule has 2 N–H and O–H groups in total. The maximum absolute atomic E-state index is 13.9. The van der Waals surface area contributed by atoms with Crippen LogP contribution in [0.2, 0.25) is 0 Å². The summed E-state index contributed by atoms with van der Waals surface area (Å²) in [6.07, 6.45) is 2.51. The topological polar surface area (TPSA) is 61.8 Å². The van der Waals surface area contributed by atoms with Gasteiger partial charge in [0.1, 0.15) is 12.4 Å². The van der Waals surface area contributed by atoms with Crippen molar-refractivity contribution in [3.63, 3.8) is 0 Å². The lowest BCUT2D eigenvalue weighted by Gasteiger charge is -2.20. The van der Waals surface area contributed by atoms with Crippen molar-refractivity contribution in [1.82, 2.24) is 15.6 Å². The Bertz CT molecular complexity index is 777. The monoisotopic (exact) mass is 563 g/mol. The van der Waals surface area contributed by atoms with Gasteiger partial charge in [-0.15, -0.1) is 24.0 Å². The molecular weight excluding hydrogens is 540 g/mol. The van der Waals surface area contributed by atoms with Crippen LogP contribution >= 0.6 is 39.9 Å². The van der Waals surface area contributed by atoms with Crippen molar-refractivity contribution < 1.29 is 9.13 Å². The molecule has 1 aliphatic heterocycles. The molecule has 28 heavy (non-hydrogen) atoms. The number of ether oxygens (including phenoxy) is 1. The number of halogens is 3. The van der Waals surface area contributed by atoms with E-state index in [0.717, 1.165) is 23.2 Å². The summed E-state index contributed by atoms with van der Waals surface area (Å²) in [6, 6.07) is 11.0. The van der Waals surface area contributed by atoms with Crippen molar-refractivity contribution in [1.29, 1.82) is 0 Å². The summed E-state index contributed by atoms with van der Waals surface area (Å²) in [5.74, 6) is 1.66. The van der Waals surface area contributed by atoms with Crippen LogP contribution in [-0.4, -0.2) is 50.3 Å². The lowest BCUT2D eigenvalue weighted by Crippen LogP contribution is -2.45. The van der Waals surface area contributed by atoms with Crippen molar-refractivity contribution in [2.75, 3.05) is 38.2 Å². The van der Waals surface area contributed by atoms with E-state index in [1.807, 2.05) is 29.2 Å². The summed E-state index contributed by atoms with van der Waals surface area (Å²) in [7, 11) is 1.73. The molecule has 0 aliphatic carbocycles. The Morgan fingerprint density at radius 1 is 1.36 bits per heavy atom. The van der Waals surface area contributed by atoms with Gasteiger partial charge in [0, 0.05) is 36.8 Å². The summed E-state index contributed by atoms with van der Waals surface area (Å²) in [5.41, 5.74) is 0. The first-order valence-electron chi connectivity index (χ1n) is 8.86. The largest absolute Gasteiger partial charge is 0.492 e. The number of benzene rings is 1. The first kappa shape index (κ1) is 22.7. The molecule has 1 aromatic carbocycles. The molecular formula is C19H24BrFIN5O. The van der Waals surface area contributed by atoms with Crippen molar-refractivity contribution in [3.8, 4) is 5.75 Å². The number of aromatic nitrogens is 1. The Hall–Kier alpha value is -1.62. The fourth-order valence-corrected chi connectivity index (χ4v) is 3.20. The number of pyridine rings is 1. The van der Waals surface area contributed by atoms with Gasteiger partial charge in [0.05, 0.1) is 6.54 Å². The zero-order valence-electron chi connectivity index (χ0n) is 15.6. The average molecular weight is 564 g/mol. The molecule has 0 saturated carbocycles. The predicted molar refractivity (Wildman–Crippen MR) is 124 cm³/mol. The van der Waals surface area contributed by atoms with Crippen LogP contribution in [0.5, 0.6) is 5.75 Å². The molecule has 1 saturated heterocycles. The van der Waals surface area contributed by atoms with Crippen LogP contribution in [0.25, 0.3) is 0 Å². The van der Waals surface area contributed by atoms with Crippen LogP contribution in [0.1, 0.15) is 6.42 Å². The van der Waals surface area contributed by atoms with Crippen molar-refractivity contribution in [2.45, 2.75) is 12.5 Å². The van der Waals surface area contributed by atoms with Crippen molar-refractivity contribution >= 4 is 51.7 Å². The van der Waals surface area contributed by atoms with Gasteiger partial charge >= 0.3 is 0 Å². The number of nitrogens with one attached hydrogen (secondary N) is 2. The summed E-state index contributed by atoms with van der Waals surface area (Å²) >= 11 is 3.40. The van der Waals surface area contributed by atoms with E-state index in [1.54, 1.807) is 19.3 Å². The Kier molecular flexibility index (Phi) is 9.23. The van der Waals surface area contributed by atoms with Crippen LogP contribution in [-0.2, 0) is 0 Å². The van der Waals surface area contributed by atoms with Crippen LogP contribution in [0.3, 0.4) is 0 Å². The molecule has 0 amide bonds. The number of aliphatic imine (C=N–C) groups is 1. The van der Waals surface area contributed by atoms with Gasteiger partial charge in [-0.2, -0.15) is 0 Å². The van der Waals surface area contributed by atoms with Crippen LogP contribution in [0, 0.1) is 5.82 Å².